The van der Waals surface area contributed by atoms with E-state index in [4.69, 9.17) is 5.73 Å². The highest BCUT2D eigenvalue weighted by atomic mass is 16.1. The molecule has 0 aromatic heterocycles. The molecule has 0 saturated heterocycles. The Balaban J connectivity index is 2.59. The van der Waals surface area contributed by atoms with Gasteiger partial charge in [-0.15, -0.1) is 0 Å². The Morgan fingerprint density at radius 2 is 1.24 bits per heavy atom. The standard InChI is InChI=1S/C15H15NO/c1-12(17)15(16,13-8-4-2-5-9-13)14-10-6-3-7-11-14/h2-11H,16H2,1H3. The van der Waals surface area contributed by atoms with Crippen molar-refractivity contribution in [3.63, 3.8) is 0 Å². The zero-order valence-corrected chi connectivity index (χ0v) is 9.76. The lowest BCUT2D eigenvalue weighted by Gasteiger charge is -2.27. The van der Waals surface area contributed by atoms with E-state index in [1.807, 2.05) is 60.7 Å². The number of carbonyl (C=O) groups is 1. The van der Waals surface area contributed by atoms with Crippen molar-refractivity contribution in [2.24, 2.45) is 5.73 Å². The van der Waals surface area contributed by atoms with Gasteiger partial charge in [0.1, 0.15) is 5.54 Å². The van der Waals surface area contributed by atoms with Crippen LogP contribution >= 0.6 is 0 Å². The first-order valence-corrected chi connectivity index (χ1v) is 5.56. The van der Waals surface area contributed by atoms with E-state index in [2.05, 4.69) is 0 Å². The molecule has 0 unspecified atom stereocenters. The van der Waals surface area contributed by atoms with Crippen molar-refractivity contribution in [3.8, 4) is 0 Å². The first kappa shape index (κ1) is 11.6. The number of benzene rings is 2. The molecular formula is C15H15NO. The first-order valence-electron chi connectivity index (χ1n) is 5.56. The molecule has 0 fully saturated rings. The zero-order valence-electron chi connectivity index (χ0n) is 9.76. The molecule has 2 heteroatoms. The molecule has 0 saturated carbocycles. The van der Waals surface area contributed by atoms with Gasteiger partial charge in [-0.1, -0.05) is 60.7 Å². The summed E-state index contributed by atoms with van der Waals surface area (Å²) < 4.78 is 0. The summed E-state index contributed by atoms with van der Waals surface area (Å²) in [5.74, 6) is -0.0603. The van der Waals surface area contributed by atoms with Crippen molar-refractivity contribution < 1.29 is 4.79 Å². The fraction of sp³-hybridized carbons (Fsp3) is 0.133. The Morgan fingerprint density at radius 3 is 1.53 bits per heavy atom. The van der Waals surface area contributed by atoms with E-state index < -0.39 is 5.54 Å². The summed E-state index contributed by atoms with van der Waals surface area (Å²) in [4.78, 5) is 11.9. The number of carbonyl (C=O) groups excluding carboxylic acids is 1. The highest BCUT2D eigenvalue weighted by Gasteiger charge is 2.34. The molecule has 0 aliphatic heterocycles. The third-order valence-corrected chi connectivity index (χ3v) is 3.01. The second kappa shape index (κ2) is 4.52. The van der Waals surface area contributed by atoms with Crippen LogP contribution in [0.25, 0.3) is 0 Å². The Kier molecular flexibility index (Phi) is 3.07. The molecule has 0 radical (unpaired) electrons. The van der Waals surface area contributed by atoms with E-state index in [-0.39, 0.29) is 5.78 Å². The summed E-state index contributed by atoms with van der Waals surface area (Å²) in [7, 11) is 0. The van der Waals surface area contributed by atoms with E-state index in [0.717, 1.165) is 11.1 Å². The normalized spacial score (nSPS) is 11.2. The summed E-state index contributed by atoms with van der Waals surface area (Å²) in [5.41, 5.74) is 6.92. The molecule has 0 heterocycles. The van der Waals surface area contributed by atoms with E-state index >= 15 is 0 Å². The van der Waals surface area contributed by atoms with Gasteiger partial charge in [0.05, 0.1) is 0 Å². The Bertz CT molecular complexity index is 465. The lowest BCUT2D eigenvalue weighted by Crippen LogP contribution is -2.44. The lowest BCUT2D eigenvalue weighted by atomic mass is 9.81. The molecule has 0 aliphatic carbocycles. The average Bonchev–Trinajstić information content (AvgIpc) is 2.39. The minimum atomic E-state index is -1.05. The number of nitrogens with two attached hydrogens (primary N) is 1. The fourth-order valence-corrected chi connectivity index (χ4v) is 1.98. The molecule has 2 nitrogen and oxygen atoms in total. The summed E-state index contributed by atoms with van der Waals surface area (Å²) in [6.45, 7) is 1.53. The smallest absolute Gasteiger partial charge is 0.158 e. The monoisotopic (exact) mass is 225 g/mol. The minimum absolute atomic E-state index is 0.0603. The van der Waals surface area contributed by atoms with Gasteiger partial charge in [-0.25, -0.2) is 0 Å². The maximum atomic E-state index is 11.9. The van der Waals surface area contributed by atoms with Crippen LogP contribution in [0.1, 0.15) is 18.1 Å². The quantitative estimate of drug-likeness (QED) is 0.872. The van der Waals surface area contributed by atoms with Gasteiger partial charge in [-0.3, -0.25) is 4.79 Å². The summed E-state index contributed by atoms with van der Waals surface area (Å²) in [6, 6.07) is 18.9. The second-order valence-electron chi connectivity index (χ2n) is 4.10. The molecule has 0 spiro atoms. The number of hydrogen-bond donors (Lipinski definition) is 1. The molecule has 17 heavy (non-hydrogen) atoms. The van der Waals surface area contributed by atoms with Crippen LogP contribution in [0.4, 0.5) is 0 Å². The second-order valence-corrected chi connectivity index (χ2v) is 4.10. The number of hydrogen-bond acceptors (Lipinski definition) is 2. The molecule has 2 N–H and O–H groups in total. The van der Waals surface area contributed by atoms with Crippen LogP contribution in [0.15, 0.2) is 60.7 Å². The van der Waals surface area contributed by atoms with Gasteiger partial charge in [-0.05, 0) is 18.1 Å². The minimum Gasteiger partial charge on any atom is -0.312 e. The maximum absolute atomic E-state index is 11.9. The van der Waals surface area contributed by atoms with Crippen LogP contribution < -0.4 is 5.73 Å². The van der Waals surface area contributed by atoms with Gasteiger partial charge in [0.2, 0.25) is 0 Å². The number of ketones is 1. The molecule has 0 atom stereocenters. The highest BCUT2D eigenvalue weighted by molar-refractivity contribution is 5.91. The van der Waals surface area contributed by atoms with Crippen LogP contribution in [0.2, 0.25) is 0 Å². The summed E-state index contributed by atoms with van der Waals surface area (Å²) >= 11 is 0. The van der Waals surface area contributed by atoms with Gasteiger partial charge in [0.15, 0.2) is 5.78 Å². The molecule has 86 valence electrons. The summed E-state index contributed by atoms with van der Waals surface area (Å²) in [5, 5.41) is 0. The maximum Gasteiger partial charge on any atom is 0.158 e. The lowest BCUT2D eigenvalue weighted by molar-refractivity contribution is -0.120. The van der Waals surface area contributed by atoms with Crippen LogP contribution in [0, 0.1) is 0 Å². The third-order valence-electron chi connectivity index (χ3n) is 3.01. The fourth-order valence-electron chi connectivity index (χ4n) is 1.98. The van der Waals surface area contributed by atoms with E-state index in [1.54, 1.807) is 0 Å². The van der Waals surface area contributed by atoms with Crippen molar-refractivity contribution in [2.75, 3.05) is 0 Å². The van der Waals surface area contributed by atoms with Crippen molar-refractivity contribution in [1.82, 2.24) is 0 Å². The van der Waals surface area contributed by atoms with Crippen LogP contribution in [0.3, 0.4) is 0 Å². The van der Waals surface area contributed by atoms with Crippen LogP contribution in [0.5, 0.6) is 0 Å². The first-order chi connectivity index (χ1) is 8.15. The highest BCUT2D eigenvalue weighted by Crippen LogP contribution is 2.27. The van der Waals surface area contributed by atoms with Crippen LogP contribution in [-0.4, -0.2) is 5.78 Å². The molecular weight excluding hydrogens is 210 g/mol. The molecule has 2 aromatic rings. The Morgan fingerprint density at radius 1 is 0.882 bits per heavy atom. The third kappa shape index (κ3) is 1.99. The predicted molar refractivity (Wildman–Crippen MR) is 68.5 cm³/mol. The average molecular weight is 225 g/mol. The number of Topliss-reactive ketones (excluding diaryl/α,β-unsaturated/α-hetero) is 1. The van der Waals surface area contributed by atoms with Gasteiger partial charge >= 0.3 is 0 Å². The molecule has 0 amide bonds. The molecule has 0 bridgehead atoms. The molecule has 2 rings (SSSR count). The Labute approximate surface area is 101 Å². The van der Waals surface area contributed by atoms with Crippen LogP contribution in [-0.2, 0) is 10.3 Å². The van der Waals surface area contributed by atoms with Crippen molar-refractivity contribution in [3.05, 3.63) is 71.8 Å². The van der Waals surface area contributed by atoms with E-state index in [0.29, 0.717) is 0 Å². The van der Waals surface area contributed by atoms with E-state index in [1.165, 1.54) is 6.92 Å². The Hall–Kier alpha value is -1.93. The van der Waals surface area contributed by atoms with Crippen molar-refractivity contribution >= 4 is 5.78 Å². The molecule has 0 aliphatic rings. The van der Waals surface area contributed by atoms with Crippen molar-refractivity contribution in [2.45, 2.75) is 12.5 Å². The zero-order chi connectivity index (χ0) is 12.3. The topological polar surface area (TPSA) is 43.1 Å². The predicted octanol–water partition coefficient (Wildman–Crippen LogP) is 2.48. The summed E-state index contributed by atoms with van der Waals surface area (Å²) in [6.07, 6.45) is 0. The van der Waals surface area contributed by atoms with Gasteiger partial charge in [0.25, 0.3) is 0 Å². The van der Waals surface area contributed by atoms with E-state index in [9.17, 15) is 4.79 Å². The number of rotatable bonds is 3. The van der Waals surface area contributed by atoms with Gasteiger partial charge in [-0.2, -0.15) is 0 Å². The largest absolute Gasteiger partial charge is 0.312 e. The SMILES string of the molecule is CC(=O)C(N)(c1ccccc1)c1ccccc1. The van der Waals surface area contributed by atoms with Gasteiger partial charge in [0, 0.05) is 0 Å². The molecule has 2 aromatic carbocycles. The van der Waals surface area contributed by atoms with Gasteiger partial charge < -0.3 is 5.73 Å². The van der Waals surface area contributed by atoms with Crippen molar-refractivity contribution in [1.29, 1.82) is 0 Å².